The Labute approximate surface area is 115 Å². The third-order valence-corrected chi connectivity index (χ3v) is 2.75. The van der Waals surface area contributed by atoms with E-state index in [9.17, 15) is 9.18 Å². The van der Waals surface area contributed by atoms with Crippen molar-refractivity contribution in [1.29, 1.82) is 0 Å². The number of hydrogen-bond acceptors (Lipinski definition) is 3. The first-order chi connectivity index (χ1) is 9.08. The van der Waals surface area contributed by atoms with E-state index in [4.69, 9.17) is 16.3 Å². The minimum atomic E-state index is -0.810. The number of benzene rings is 1. The molecule has 0 aliphatic carbocycles. The van der Waals surface area contributed by atoms with Gasteiger partial charge in [-0.25, -0.2) is 4.39 Å². The number of pyridine rings is 1. The zero-order chi connectivity index (χ0) is 13.8. The first-order valence-electron chi connectivity index (χ1n) is 5.64. The second-order valence-corrected chi connectivity index (χ2v) is 4.37. The van der Waals surface area contributed by atoms with Crippen molar-refractivity contribution < 1.29 is 13.9 Å². The van der Waals surface area contributed by atoms with E-state index in [1.165, 1.54) is 12.3 Å². The lowest BCUT2D eigenvalue weighted by Crippen LogP contribution is -2.24. The van der Waals surface area contributed by atoms with Crippen molar-refractivity contribution in [3.63, 3.8) is 0 Å². The maximum absolute atomic E-state index is 13.4. The molecular weight excluding hydrogens is 269 g/mol. The van der Waals surface area contributed by atoms with E-state index in [0.717, 1.165) is 6.20 Å². The van der Waals surface area contributed by atoms with Gasteiger partial charge in [-0.3, -0.25) is 9.78 Å². The molecule has 1 heterocycles. The van der Waals surface area contributed by atoms with Crippen LogP contribution in [0, 0.1) is 5.82 Å². The van der Waals surface area contributed by atoms with Gasteiger partial charge < -0.3 is 4.74 Å². The molecule has 0 bridgehead atoms. The number of Topliss-reactive ketones (excluding diaryl/α,β-unsaturated/α-hetero) is 1. The van der Waals surface area contributed by atoms with Gasteiger partial charge in [0.25, 0.3) is 0 Å². The summed E-state index contributed by atoms with van der Waals surface area (Å²) < 4.78 is 18.9. The van der Waals surface area contributed by atoms with Crippen LogP contribution in [-0.2, 0) is 0 Å². The van der Waals surface area contributed by atoms with Crippen molar-refractivity contribution in [2.75, 3.05) is 0 Å². The summed E-state index contributed by atoms with van der Waals surface area (Å²) in [4.78, 5) is 15.6. The van der Waals surface area contributed by atoms with Gasteiger partial charge in [-0.2, -0.15) is 0 Å². The molecule has 0 aliphatic heterocycles. The van der Waals surface area contributed by atoms with Crippen molar-refractivity contribution in [3.05, 3.63) is 59.1 Å². The molecule has 0 amide bonds. The first kappa shape index (κ1) is 13.5. The Morgan fingerprint density at radius 3 is 2.89 bits per heavy atom. The number of ketones is 1. The molecule has 2 aromatic rings. The molecule has 0 spiro atoms. The van der Waals surface area contributed by atoms with Gasteiger partial charge >= 0.3 is 0 Å². The number of hydrogen-bond donors (Lipinski definition) is 0. The third kappa shape index (κ3) is 3.29. The van der Waals surface area contributed by atoms with E-state index < -0.39 is 17.7 Å². The van der Waals surface area contributed by atoms with Gasteiger partial charge in [0.15, 0.2) is 11.9 Å². The molecular formula is C14H11ClFNO2. The molecule has 1 atom stereocenters. The Kier molecular flexibility index (Phi) is 4.12. The van der Waals surface area contributed by atoms with Crippen LogP contribution >= 0.6 is 11.6 Å². The van der Waals surface area contributed by atoms with Crippen molar-refractivity contribution in [1.82, 2.24) is 4.98 Å². The molecule has 0 saturated heterocycles. The molecule has 0 N–H and O–H groups in total. The highest BCUT2D eigenvalue weighted by molar-refractivity contribution is 6.30. The minimum absolute atomic E-state index is 0.0375. The molecule has 0 fully saturated rings. The lowest BCUT2D eigenvalue weighted by Gasteiger charge is -2.14. The fourth-order valence-electron chi connectivity index (χ4n) is 1.59. The van der Waals surface area contributed by atoms with Gasteiger partial charge in [-0.15, -0.1) is 0 Å². The maximum atomic E-state index is 13.4. The quantitative estimate of drug-likeness (QED) is 0.804. The Morgan fingerprint density at radius 2 is 2.21 bits per heavy atom. The molecule has 98 valence electrons. The Hall–Kier alpha value is -1.94. The second kappa shape index (κ2) is 5.80. The van der Waals surface area contributed by atoms with Crippen LogP contribution in [0.15, 0.2) is 42.7 Å². The molecule has 1 aromatic heterocycles. The van der Waals surface area contributed by atoms with Crippen LogP contribution in [-0.4, -0.2) is 16.9 Å². The first-order valence-corrected chi connectivity index (χ1v) is 6.01. The van der Waals surface area contributed by atoms with Crippen LogP contribution in [0.5, 0.6) is 5.75 Å². The number of ether oxygens (including phenoxy) is 1. The Morgan fingerprint density at radius 1 is 1.42 bits per heavy atom. The molecule has 1 unspecified atom stereocenters. The average molecular weight is 280 g/mol. The smallest absolute Gasteiger partial charge is 0.206 e. The van der Waals surface area contributed by atoms with E-state index in [2.05, 4.69) is 4.98 Å². The van der Waals surface area contributed by atoms with Gasteiger partial charge in [0.1, 0.15) is 5.75 Å². The molecule has 5 heteroatoms. The molecule has 2 rings (SSSR count). The predicted octanol–water partition coefficient (Wildman–Crippen LogP) is 3.52. The lowest BCUT2D eigenvalue weighted by atomic mass is 10.1. The molecule has 19 heavy (non-hydrogen) atoms. The van der Waals surface area contributed by atoms with Crippen LogP contribution in [0.3, 0.4) is 0 Å². The third-order valence-electron chi connectivity index (χ3n) is 2.52. The van der Waals surface area contributed by atoms with Crippen molar-refractivity contribution in [2.45, 2.75) is 13.0 Å². The highest BCUT2D eigenvalue weighted by atomic mass is 35.5. The number of rotatable bonds is 4. The number of carbonyl (C=O) groups excluding carboxylic acids is 1. The Bertz CT molecular complexity index is 604. The standard InChI is InChI=1S/C14H11ClFNO2/c1-9(19-11-4-2-3-10(15)7-11)14(18)12-5-6-17-8-13(12)16/h2-9H,1H3. The number of carbonyl (C=O) groups is 1. The zero-order valence-corrected chi connectivity index (χ0v) is 10.9. The zero-order valence-electron chi connectivity index (χ0n) is 10.1. The average Bonchev–Trinajstić information content (AvgIpc) is 2.38. The molecule has 0 aliphatic rings. The lowest BCUT2D eigenvalue weighted by molar-refractivity contribution is 0.0813. The van der Waals surface area contributed by atoms with Crippen molar-refractivity contribution >= 4 is 17.4 Å². The van der Waals surface area contributed by atoms with Gasteiger partial charge in [0, 0.05) is 11.2 Å². The molecule has 3 nitrogen and oxygen atoms in total. The summed E-state index contributed by atoms with van der Waals surface area (Å²) in [6, 6.07) is 8.01. The summed E-state index contributed by atoms with van der Waals surface area (Å²) in [7, 11) is 0. The largest absolute Gasteiger partial charge is 0.483 e. The molecule has 1 aromatic carbocycles. The van der Waals surface area contributed by atoms with Gasteiger partial charge in [0.05, 0.1) is 11.8 Å². The van der Waals surface area contributed by atoms with Crippen LogP contribution < -0.4 is 4.74 Å². The van der Waals surface area contributed by atoms with Crippen molar-refractivity contribution in [2.24, 2.45) is 0 Å². The number of aromatic nitrogens is 1. The maximum Gasteiger partial charge on any atom is 0.206 e. The molecule has 0 radical (unpaired) electrons. The van der Waals surface area contributed by atoms with E-state index in [1.54, 1.807) is 31.2 Å². The topological polar surface area (TPSA) is 39.2 Å². The fraction of sp³-hybridized carbons (Fsp3) is 0.143. The summed E-state index contributed by atoms with van der Waals surface area (Å²) in [6.45, 7) is 1.56. The molecule has 0 saturated carbocycles. The highest BCUT2D eigenvalue weighted by Crippen LogP contribution is 2.19. The summed E-state index contributed by atoms with van der Waals surface area (Å²) >= 11 is 5.82. The Balaban J connectivity index is 2.14. The SMILES string of the molecule is CC(Oc1cccc(Cl)c1)C(=O)c1ccncc1F. The van der Waals surface area contributed by atoms with E-state index in [0.29, 0.717) is 10.8 Å². The van der Waals surface area contributed by atoms with Gasteiger partial charge in [-0.05, 0) is 31.2 Å². The van der Waals surface area contributed by atoms with E-state index in [1.807, 2.05) is 0 Å². The van der Waals surface area contributed by atoms with Gasteiger partial charge in [0.2, 0.25) is 5.78 Å². The van der Waals surface area contributed by atoms with Crippen molar-refractivity contribution in [3.8, 4) is 5.75 Å². The number of halogens is 2. The second-order valence-electron chi connectivity index (χ2n) is 3.94. The normalized spacial score (nSPS) is 11.9. The summed E-state index contributed by atoms with van der Waals surface area (Å²) in [6.07, 6.45) is 1.55. The van der Waals surface area contributed by atoms with E-state index in [-0.39, 0.29) is 5.56 Å². The highest BCUT2D eigenvalue weighted by Gasteiger charge is 2.20. The summed E-state index contributed by atoms with van der Waals surface area (Å²) in [5.74, 6) is -0.642. The van der Waals surface area contributed by atoms with Crippen LogP contribution in [0.1, 0.15) is 17.3 Å². The van der Waals surface area contributed by atoms with E-state index >= 15 is 0 Å². The van der Waals surface area contributed by atoms with Gasteiger partial charge in [-0.1, -0.05) is 17.7 Å². The van der Waals surface area contributed by atoms with Crippen LogP contribution in [0.4, 0.5) is 4.39 Å². The van der Waals surface area contributed by atoms with Crippen LogP contribution in [0.2, 0.25) is 5.02 Å². The number of nitrogens with zero attached hydrogens (tertiary/aromatic N) is 1. The monoisotopic (exact) mass is 279 g/mol. The minimum Gasteiger partial charge on any atom is -0.483 e. The fourth-order valence-corrected chi connectivity index (χ4v) is 1.77. The summed E-state index contributed by atoms with van der Waals surface area (Å²) in [5.41, 5.74) is -0.0375. The van der Waals surface area contributed by atoms with Crippen LogP contribution in [0.25, 0.3) is 0 Å². The predicted molar refractivity (Wildman–Crippen MR) is 70.1 cm³/mol. The summed E-state index contributed by atoms with van der Waals surface area (Å²) in [5, 5.41) is 0.507.